The lowest BCUT2D eigenvalue weighted by molar-refractivity contribution is 0.189. The molecule has 0 saturated carbocycles. The molecule has 1 aromatic heterocycles. The van der Waals surface area contributed by atoms with E-state index in [4.69, 9.17) is 0 Å². The molecule has 0 amide bonds. The zero-order chi connectivity index (χ0) is 12.3. The maximum Gasteiger partial charge on any atom is 0.0327 e. The number of likely N-dealkylation sites (tertiary alicyclic amines) is 1. The minimum atomic E-state index is 0.623. The van der Waals surface area contributed by atoms with Crippen LogP contribution in [0.15, 0.2) is 15.9 Å². The molecule has 1 fully saturated rings. The molecular weight excluding hydrogens is 296 g/mol. The van der Waals surface area contributed by atoms with Crippen molar-refractivity contribution in [3.8, 4) is 0 Å². The number of hydrogen-bond acceptors (Lipinski definition) is 3. The zero-order valence-corrected chi connectivity index (χ0v) is 13.0. The number of halogens is 1. The normalized spacial score (nSPS) is 20.6. The maximum atomic E-state index is 3.67. The first kappa shape index (κ1) is 13.5. The molecule has 0 bridgehead atoms. The maximum absolute atomic E-state index is 3.67. The van der Waals surface area contributed by atoms with Gasteiger partial charge < -0.3 is 10.2 Å². The van der Waals surface area contributed by atoms with Gasteiger partial charge in [0.1, 0.15) is 0 Å². The van der Waals surface area contributed by atoms with Crippen LogP contribution in [0.2, 0.25) is 0 Å². The molecule has 1 aliphatic rings. The van der Waals surface area contributed by atoms with E-state index in [1.165, 1.54) is 35.3 Å². The number of nitrogens with one attached hydrogen (secondary N) is 1. The highest BCUT2D eigenvalue weighted by atomic mass is 79.9. The van der Waals surface area contributed by atoms with Crippen LogP contribution in [-0.2, 0) is 6.54 Å². The molecule has 1 unspecified atom stereocenters. The Bertz CT molecular complexity index is 345. The van der Waals surface area contributed by atoms with Gasteiger partial charge in [0.15, 0.2) is 0 Å². The van der Waals surface area contributed by atoms with Crippen molar-refractivity contribution in [1.29, 1.82) is 0 Å². The highest BCUT2D eigenvalue weighted by Gasteiger charge is 2.21. The summed E-state index contributed by atoms with van der Waals surface area (Å²) in [7, 11) is 2.22. The first-order valence-corrected chi connectivity index (χ1v) is 7.98. The van der Waals surface area contributed by atoms with E-state index in [2.05, 4.69) is 51.6 Å². The van der Waals surface area contributed by atoms with E-state index in [9.17, 15) is 0 Å². The smallest absolute Gasteiger partial charge is 0.0327 e. The molecule has 1 aromatic rings. The molecule has 1 N–H and O–H groups in total. The van der Waals surface area contributed by atoms with Gasteiger partial charge in [0, 0.05) is 21.9 Å². The molecule has 2 nitrogen and oxygen atoms in total. The van der Waals surface area contributed by atoms with Gasteiger partial charge in [-0.05, 0) is 73.2 Å². The molecule has 2 heterocycles. The van der Waals surface area contributed by atoms with E-state index < -0.39 is 0 Å². The summed E-state index contributed by atoms with van der Waals surface area (Å²) in [5, 5.41) is 5.81. The lowest BCUT2D eigenvalue weighted by Gasteiger charge is -2.33. The quantitative estimate of drug-likeness (QED) is 0.916. The van der Waals surface area contributed by atoms with Gasteiger partial charge in [-0.3, -0.25) is 0 Å². The summed E-state index contributed by atoms with van der Waals surface area (Å²) in [5.41, 5.74) is 0. The van der Waals surface area contributed by atoms with Crippen LogP contribution >= 0.6 is 27.3 Å². The summed E-state index contributed by atoms with van der Waals surface area (Å²) >= 11 is 5.40. The highest BCUT2D eigenvalue weighted by Crippen LogP contribution is 2.24. The fraction of sp³-hybridized carbons (Fsp3) is 0.692. The molecule has 1 saturated heterocycles. The van der Waals surface area contributed by atoms with Crippen LogP contribution in [0.25, 0.3) is 0 Å². The van der Waals surface area contributed by atoms with E-state index >= 15 is 0 Å². The Labute approximate surface area is 117 Å². The van der Waals surface area contributed by atoms with E-state index in [0.717, 1.165) is 12.5 Å². The molecule has 96 valence electrons. The number of rotatable bonds is 4. The van der Waals surface area contributed by atoms with Crippen molar-refractivity contribution in [3.05, 3.63) is 20.8 Å². The monoisotopic (exact) mass is 316 g/mol. The zero-order valence-electron chi connectivity index (χ0n) is 10.6. The molecule has 0 radical (unpaired) electrons. The predicted octanol–water partition coefficient (Wildman–Crippen LogP) is 3.33. The summed E-state index contributed by atoms with van der Waals surface area (Å²) in [6.45, 7) is 5.82. The van der Waals surface area contributed by atoms with Gasteiger partial charge in [-0.15, -0.1) is 11.3 Å². The first-order valence-electron chi connectivity index (χ1n) is 6.30. The molecule has 4 heteroatoms. The number of hydrogen-bond donors (Lipinski definition) is 1. The lowest BCUT2D eigenvalue weighted by Crippen LogP contribution is -2.40. The van der Waals surface area contributed by atoms with Gasteiger partial charge >= 0.3 is 0 Å². The molecule has 0 aromatic carbocycles. The van der Waals surface area contributed by atoms with Crippen LogP contribution in [0.5, 0.6) is 0 Å². The molecule has 1 aliphatic heterocycles. The van der Waals surface area contributed by atoms with Crippen LogP contribution < -0.4 is 5.32 Å². The summed E-state index contributed by atoms with van der Waals surface area (Å²) in [6.07, 6.45) is 2.66. The van der Waals surface area contributed by atoms with Crippen molar-refractivity contribution in [2.24, 2.45) is 5.92 Å². The molecule has 1 atom stereocenters. The van der Waals surface area contributed by atoms with Crippen LogP contribution in [0.3, 0.4) is 0 Å². The summed E-state index contributed by atoms with van der Waals surface area (Å²) in [5.74, 6) is 0.838. The Morgan fingerprint density at radius 2 is 2.24 bits per heavy atom. The fourth-order valence-electron chi connectivity index (χ4n) is 2.40. The minimum absolute atomic E-state index is 0.623. The molecule has 0 aliphatic carbocycles. The second-order valence-electron chi connectivity index (χ2n) is 5.00. The third kappa shape index (κ3) is 3.78. The van der Waals surface area contributed by atoms with E-state index in [1.54, 1.807) is 0 Å². The average Bonchev–Trinajstić information content (AvgIpc) is 2.73. The van der Waals surface area contributed by atoms with Gasteiger partial charge in [-0.2, -0.15) is 0 Å². The van der Waals surface area contributed by atoms with Crippen molar-refractivity contribution >= 4 is 27.3 Å². The Hall–Kier alpha value is 0.1000. The topological polar surface area (TPSA) is 15.3 Å². The van der Waals surface area contributed by atoms with Crippen molar-refractivity contribution in [3.63, 3.8) is 0 Å². The lowest BCUT2D eigenvalue weighted by atomic mass is 9.90. The summed E-state index contributed by atoms with van der Waals surface area (Å²) in [4.78, 5) is 3.84. The largest absolute Gasteiger partial charge is 0.309 e. The average molecular weight is 317 g/mol. The van der Waals surface area contributed by atoms with Crippen LogP contribution in [0.4, 0.5) is 0 Å². The number of thiophene rings is 1. The van der Waals surface area contributed by atoms with Gasteiger partial charge in [0.05, 0.1) is 0 Å². The second-order valence-corrected chi connectivity index (χ2v) is 6.86. The Balaban J connectivity index is 1.77. The third-order valence-corrected chi connectivity index (χ3v) is 5.67. The minimum Gasteiger partial charge on any atom is -0.309 e. The Morgan fingerprint density at radius 1 is 1.53 bits per heavy atom. The summed E-state index contributed by atoms with van der Waals surface area (Å²) in [6, 6.07) is 2.75. The van der Waals surface area contributed by atoms with Crippen LogP contribution in [0.1, 0.15) is 24.6 Å². The highest BCUT2D eigenvalue weighted by molar-refractivity contribution is 9.10. The van der Waals surface area contributed by atoms with E-state index in [-0.39, 0.29) is 0 Å². The van der Waals surface area contributed by atoms with Crippen molar-refractivity contribution in [2.45, 2.75) is 32.4 Å². The standard InChI is InChI=1S/C13H21BrN2S/c1-10(11-3-6-16(2)7-4-11)15-9-13-12(14)5-8-17-13/h5,8,10-11,15H,3-4,6-7,9H2,1-2H3. The number of piperidine rings is 1. The number of nitrogens with zero attached hydrogens (tertiary/aromatic N) is 1. The van der Waals surface area contributed by atoms with Gasteiger partial charge in [-0.25, -0.2) is 0 Å². The molecule has 0 spiro atoms. The van der Waals surface area contributed by atoms with Crippen molar-refractivity contribution in [1.82, 2.24) is 10.2 Å². The Morgan fingerprint density at radius 3 is 2.82 bits per heavy atom. The molecular formula is C13H21BrN2S. The SMILES string of the molecule is CC(NCc1sccc1Br)C1CCN(C)CC1. The first-order chi connectivity index (χ1) is 8.16. The van der Waals surface area contributed by atoms with Crippen molar-refractivity contribution in [2.75, 3.05) is 20.1 Å². The van der Waals surface area contributed by atoms with Gasteiger partial charge in [0.25, 0.3) is 0 Å². The van der Waals surface area contributed by atoms with Gasteiger partial charge in [-0.1, -0.05) is 0 Å². The van der Waals surface area contributed by atoms with E-state index in [0.29, 0.717) is 6.04 Å². The third-order valence-electron chi connectivity index (χ3n) is 3.75. The molecule has 2 rings (SSSR count). The van der Waals surface area contributed by atoms with Crippen LogP contribution in [-0.4, -0.2) is 31.1 Å². The van der Waals surface area contributed by atoms with Crippen molar-refractivity contribution < 1.29 is 0 Å². The van der Waals surface area contributed by atoms with Crippen LogP contribution in [0, 0.1) is 5.92 Å². The molecule has 17 heavy (non-hydrogen) atoms. The second kappa shape index (κ2) is 6.32. The fourth-order valence-corrected chi connectivity index (χ4v) is 3.84. The predicted molar refractivity (Wildman–Crippen MR) is 78.5 cm³/mol. The van der Waals surface area contributed by atoms with E-state index in [1.807, 2.05) is 11.3 Å². The van der Waals surface area contributed by atoms with Gasteiger partial charge in [0.2, 0.25) is 0 Å². The summed E-state index contributed by atoms with van der Waals surface area (Å²) < 4.78 is 1.24. The Kier molecular flexibility index (Phi) is 5.03.